The highest BCUT2D eigenvalue weighted by molar-refractivity contribution is 9.10. The molecule has 3 nitrogen and oxygen atoms in total. The highest BCUT2D eigenvalue weighted by Crippen LogP contribution is 2.30. The number of amides is 1. The van der Waals surface area contributed by atoms with Crippen molar-refractivity contribution in [2.75, 3.05) is 12.3 Å². The molecule has 2 N–H and O–H groups in total. The molecule has 1 aromatic heterocycles. The van der Waals surface area contributed by atoms with E-state index in [9.17, 15) is 4.79 Å². The lowest BCUT2D eigenvalue weighted by Gasteiger charge is -2.30. The van der Waals surface area contributed by atoms with E-state index in [1.807, 2.05) is 34.5 Å². The fourth-order valence-corrected chi connectivity index (χ4v) is 3.71. The Morgan fingerprint density at radius 3 is 2.67 bits per heavy atom. The van der Waals surface area contributed by atoms with E-state index in [4.69, 9.17) is 5.73 Å². The van der Waals surface area contributed by atoms with Crippen LogP contribution in [0.5, 0.6) is 0 Å². The van der Waals surface area contributed by atoms with Gasteiger partial charge in [-0.05, 0) is 36.4 Å². The fraction of sp³-hybridized carbons (Fsp3) is 0.312. The van der Waals surface area contributed by atoms with Crippen molar-refractivity contribution in [2.45, 2.75) is 26.3 Å². The van der Waals surface area contributed by atoms with Gasteiger partial charge in [0.25, 0.3) is 5.91 Å². The third kappa shape index (κ3) is 3.47. The molecule has 1 atom stereocenters. The van der Waals surface area contributed by atoms with Crippen LogP contribution >= 0.6 is 27.3 Å². The molecule has 0 spiro atoms. The van der Waals surface area contributed by atoms with Gasteiger partial charge in [-0.3, -0.25) is 4.79 Å². The second-order valence-corrected chi connectivity index (χ2v) is 6.67. The number of halogens is 1. The van der Waals surface area contributed by atoms with E-state index in [1.165, 1.54) is 11.3 Å². The van der Waals surface area contributed by atoms with Crippen LogP contribution in [0, 0.1) is 0 Å². The number of thiophene rings is 1. The van der Waals surface area contributed by atoms with Crippen LogP contribution in [0.2, 0.25) is 0 Å². The number of benzene rings is 1. The molecule has 1 amide bonds. The third-order valence-corrected chi connectivity index (χ3v) is 5.08. The van der Waals surface area contributed by atoms with E-state index in [0.717, 1.165) is 16.5 Å². The average Bonchev–Trinajstić information content (AvgIpc) is 2.90. The molecule has 0 aliphatic carbocycles. The summed E-state index contributed by atoms with van der Waals surface area (Å²) in [5, 5.41) is 1.86. The number of nitrogen functional groups attached to an aromatic ring is 1. The standard InChI is InChI=1S/C16H19BrN2OS/c1-3-9-19(16(20)15-14(18)8-10-21-15)11(2)12-6-4-5-7-13(12)17/h4-8,10-11H,3,9,18H2,1-2H3. The summed E-state index contributed by atoms with van der Waals surface area (Å²) in [5.41, 5.74) is 7.56. The Labute approximate surface area is 137 Å². The summed E-state index contributed by atoms with van der Waals surface area (Å²) in [6.07, 6.45) is 0.909. The van der Waals surface area contributed by atoms with Crippen LogP contribution in [0.4, 0.5) is 5.69 Å². The van der Waals surface area contributed by atoms with Crippen molar-refractivity contribution in [1.82, 2.24) is 4.90 Å². The molecule has 1 aromatic carbocycles. The van der Waals surface area contributed by atoms with Crippen LogP contribution in [-0.2, 0) is 0 Å². The molecule has 0 aliphatic heterocycles. The van der Waals surface area contributed by atoms with Crippen molar-refractivity contribution in [2.24, 2.45) is 0 Å². The minimum atomic E-state index is -0.00507. The highest BCUT2D eigenvalue weighted by atomic mass is 79.9. The van der Waals surface area contributed by atoms with Crippen LogP contribution in [0.25, 0.3) is 0 Å². The summed E-state index contributed by atoms with van der Waals surface area (Å²) in [6.45, 7) is 4.83. The molecule has 1 heterocycles. The van der Waals surface area contributed by atoms with Crippen molar-refractivity contribution in [3.8, 4) is 0 Å². The van der Waals surface area contributed by atoms with Gasteiger partial charge in [0.15, 0.2) is 0 Å². The Kier molecular flexibility index (Phi) is 5.42. The molecule has 2 aromatic rings. The molecule has 1 unspecified atom stereocenters. The summed E-state index contributed by atoms with van der Waals surface area (Å²) >= 11 is 4.97. The van der Waals surface area contributed by atoms with Gasteiger partial charge >= 0.3 is 0 Å². The van der Waals surface area contributed by atoms with Gasteiger partial charge in [0.2, 0.25) is 0 Å². The molecule has 0 fully saturated rings. The van der Waals surface area contributed by atoms with Crippen LogP contribution < -0.4 is 5.73 Å². The zero-order valence-corrected chi connectivity index (χ0v) is 14.6. The predicted molar refractivity (Wildman–Crippen MR) is 92.6 cm³/mol. The Bertz CT molecular complexity index is 626. The third-order valence-electron chi connectivity index (χ3n) is 3.44. The van der Waals surface area contributed by atoms with E-state index in [1.54, 1.807) is 6.07 Å². The quantitative estimate of drug-likeness (QED) is 0.832. The Hall–Kier alpha value is -1.33. The molecule has 0 radical (unpaired) electrons. The summed E-state index contributed by atoms with van der Waals surface area (Å²) in [6, 6.07) is 9.79. The number of rotatable bonds is 5. The van der Waals surface area contributed by atoms with Crippen molar-refractivity contribution in [3.63, 3.8) is 0 Å². The summed E-state index contributed by atoms with van der Waals surface area (Å²) in [7, 11) is 0. The second kappa shape index (κ2) is 7.09. The number of carbonyl (C=O) groups excluding carboxylic acids is 1. The molecule has 0 aliphatic rings. The smallest absolute Gasteiger partial charge is 0.266 e. The average molecular weight is 367 g/mol. The maximum absolute atomic E-state index is 12.8. The normalized spacial score (nSPS) is 12.1. The number of anilines is 1. The Balaban J connectivity index is 2.33. The summed E-state index contributed by atoms with van der Waals surface area (Å²) in [5.74, 6) is 0.00704. The number of hydrogen-bond donors (Lipinski definition) is 1. The molecule has 2 rings (SSSR count). The largest absolute Gasteiger partial charge is 0.397 e. The van der Waals surface area contributed by atoms with Crippen molar-refractivity contribution in [1.29, 1.82) is 0 Å². The SMILES string of the molecule is CCCN(C(=O)c1sccc1N)C(C)c1ccccc1Br. The van der Waals surface area contributed by atoms with Gasteiger partial charge in [-0.25, -0.2) is 0 Å². The van der Waals surface area contributed by atoms with Crippen molar-refractivity contribution >= 4 is 38.9 Å². The van der Waals surface area contributed by atoms with E-state index < -0.39 is 0 Å². The zero-order valence-electron chi connectivity index (χ0n) is 12.2. The molecule has 112 valence electrons. The number of carbonyl (C=O) groups is 1. The van der Waals surface area contributed by atoms with Crippen LogP contribution in [0.15, 0.2) is 40.2 Å². The first-order valence-electron chi connectivity index (χ1n) is 6.94. The lowest BCUT2D eigenvalue weighted by Crippen LogP contribution is -2.34. The number of hydrogen-bond acceptors (Lipinski definition) is 3. The van der Waals surface area contributed by atoms with Gasteiger partial charge in [0, 0.05) is 11.0 Å². The Morgan fingerprint density at radius 1 is 1.38 bits per heavy atom. The molecular formula is C16H19BrN2OS. The molecule has 21 heavy (non-hydrogen) atoms. The highest BCUT2D eigenvalue weighted by Gasteiger charge is 2.25. The summed E-state index contributed by atoms with van der Waals surface area (Å²) in [4.78, 5) is 15.3. The van der Waals surface area contributed by atoms with Crippen LogP contribution in [0.1, 0.15) is 41.5 Å². The predicted octanol–water partition coefficient (Wildman–Crippen LogP) is 4.71. The van der Waals surface area contributed by atoms with Crippen LogP contribution in [0.3, 0.4) is 0 Å². The van der Waals surface area contributed by atoms with Crippen molar-refractivity contribution < 1.29 is 4.79 Å². The molecular weight excluding hydrogens is 348 g/mol. The van der Waals surface area contributed by atoms with E-state index in [2.05, 4.69) is 29.8 Å². The topological polar surface area (TPSA) is 46.3 Å². The van der Waals surface area contributed by atoms with Gasteiger partial charge in [0.1, 0.15) is 4.88 Å². The van der Waals surface area contributed by atoms with Crippen LogP contribution in [-0.4, -0.2) is 17.4 Å². The number of nitrogens with two attached hydrogens (primary N) is 1. The maximum Gasteiger partial charge on any atom is 0.266 e. The zero-order chi connectivity index (χ0) is 15.4. The maximum atomic E-state index is 12.8. The van der Waals surface area contributed by atoms with Gasteiger partial charge in [-0.15, -0.1) is 11.3 Å². The Morgan fingerprint density at radius 2 is 2.10 bits per heavy atom. The molecule has 0 bridgehead atoms. The summed E-state index contributed by atoms with van der Waals surface area (Å²) < 4.78 is 1.02. The second-order valence-electron chi connectivity index (χ2n) is 4.90. The fourth-order valence-electron chi connectivity index (χ4n) is 2.32. The van der Waals surface area contributed by atoms with E-state index in [0.29, 0.717) is 17.1 Å². The minimum absolute atomic E-state index is 0.00507. The van der Waals surface area contributed by atoms with Gasteiger partial charge < -0.3 is 10.6 Å². The monoisotopic (exact) mass is 366 g/mol. The van der Waals surface area contributed by atoms with Gasteiger partial charge in [0.05, 0.1) is 11.7 Å². The minimum Gasteiger partial charge on any atom is -0.397 e. The molecule has 0 saturated heterocycles. The van der Waals surface area contributed by atoms with Gasteiger partial charge in [-0.2, -0.15) is 0 Å². The van der Waals surface area contributed by atoms with Crippen molar-refractivity contribution in [3.05, 3.63) is 50.6 Å². The first kappa shape index (κ1) is 16.0. The lowest BCUT2D eigenvalue weighted by molar-refractivity contribution is 0.0696. The molecule has 5 heteroatoms. The first-order chi connectivity index (χ1) is 10.1. The first-order valence-corrected chi connectivity index (χ1v) is 8.61. The lowest BCUT2D eigenvalue weighted by atomic mass is 10.1. The van der Waals surface area contributed by atoms with E-state index >= 15 is 0 Å². The van der Waals surface area contributed by atoms with Gasteiger partial charge in [-0.1, -0.05) is 41.1 Å². The number of nitrogens with zero attached hydrogens (tertiary/aromatic N) is 1. The molecule has 0 saturated carbocycles. The van der Waals surface area contributed by atoms with E-state index in [-0.39, 0.29) is 11.9 Å².